The zero-order valence-electron chi connectivity index (χ0n) is 28.3. The summed E-state index contributed by atoms with van der Waals surface area (Å²) in [5.41, 5.74) is 6.60. The van der Waals surface area contributed by atoms with E-state index in [1.807, 2.05) is 0 Å². The third kappa shape index (κ3) is 15.3. The first-order chi connectivity index (χ1) is 24.3. The number of rotatable bonds is 27. The number of carboxylic acids is 1. The quantitative estimate of drug-likeness (QED) is 0.0711. The first-order valence-corrected chi connectivity index (χ1v) is 16.6. The molecule has 17 nitrogen and oxygen atoms in total. The largest absolute Gasteiger partial charge is 0.480 e. The summed E-state index contributed by atoms with van der Waals surface area (Å²) in [6.45, 7) is 7.22. The molecule has 2 heterocycles. The van der Waals surface area contributed by atoms with Crippen molar-refractivity contribution in [2.24, 2.45) is 0 Å². The standard InChI is InChI=1S/C33H47N7O10/c1-2-11-46-13-15-48-17-19-50-20-18-49-16-14-47-12-3-4-26(41)9-10-27(32(44)45)38-30(42)23-5-7-24(8-6-23)35-21-25-22-36-29-28(37-25)31(43)40-33(34)39-29/h5-8,22,27,35H,2-4,9-21H2,1H3,(H,38,42)(H,44,45)(H3,34,36,39,40,43)/t27-/m0/s1. The lowest BCUT2D eigenvalue weighted by Gasteiger charge is -2.14. The summed E-state index contributed by atoms with van der Waals surface area (Å²) in [6.07, 6.45) is 3.17. The maximum Gasteiger partial charge on any atom is 0.326 e. The lowest BCUT2D eigenvalue weighted by molar-refractivity contribution is -0.139. The Morgan fingerprint density at radius 3 is 2.06 bits per heavy atom. The van der Waals surface area contributed by atoms with Gasteiger partial charge < -0.3 is 45.2 Å². The van der Waals surface area contributed by atoms with Crippen molar-refractivity contribution < 1.29 is 43.2 Å². The Bertz CT molecular complexity index is 1540. The molecular weight excluding hydrogens is 654 g/mol. The molecule has 3 aromatic rings. The van der Waals surface area contributed by atoms with Crippen molar-refractivity contribution in [3.05, 3.63) is 52.1 Å². The van der Waals surface area contributed by atoms with Crippen molar-refractivity contribution in [3.63, 3.8) is 0 Å². The van der Waals surface area contributed by atoms with Crippen LogP contribution in [0.4, 0.5) is 11.6 Å². The highest BCUT2D eigenvalue weighted by atomic mass is 16.6. The van der Waals surface area contributed by atoms with Crippen LogP contribution in [0.3, 0.4) is 0 Å². The number of H-pyrrole nitrogens is 1. The van der Waals surface area contributed by atoms with Gasteiger partial charge in [-0.3, -0.25) is 19.4 Å². The van der Waals surface area contributed by atoms with Crippen LogP contribution < -0.4 is 21.9 Å². The number of aromatic nitrogens is 4. The predicted octanol–water partition coefficient (Wildman–Crippen LogP) is 1.71. The SMILES string of the molecule is CCCOCCOCCOCCOCCOCCCC(=O)CC[C@H](NC(=O)c1ccc(NCc2cnc3nc(N)[nH]c(=O)c3n2)cc1)C(=O)O. The Morgan fingerprint density at radius 1 is 0.860 bits per heavy atom. The van der Waals surface area contributed by atoms with Crippen LogP contribution >= 0.6 is 0 Å². The van der Waals surface area contributed by atoms with E-state index in [0.717, 1.165) is 13.0 Å². The fraction of sp³-hybridized carbons (Fsp3) is 0.545. The molecule has 0 aliphatic rings. The monoisotopic (exact) mass is 701 g/mol. The van der Waals surface area contributed by atoms with Crippen molar-refractivity contribution in [2.75, 3.05) is 77.1 Å². The van der Waals surface area contributed by atoms with E-state index in [4.69, 9.17) is 29.4 Å². The minimum Gasteiger partial charge on any atom is -0.480 e. The molecule has 0 spiro atoms. The lowest BCUT2D eigenvalue weighted by atomic mass is 10.1. The number of Topliss-reactive ketones (excluding diaryl/α,β-unsaturated/α-hetero) is 1. The topological polar surface area (TPSA) is 239 Å². The fourth-order valence-electron chi connectivity index (χ4n) is 4.41. The molecule has 0 bridgehead atoms. The van der Waals surface area contributed by atoms with Crippen molar-refractivity contribution in [3.8, 4) is 0 Å². The van der Waals surface area contributed by atoms with E-state index in [0.29, 0.717) is 77.3 Å². The summed E-state index contributed by atoms with van der Waals surface area (Å²) in [4.78, 5) is 63.6. The van der Waals surface area contributed by atoms with Gasteiger partial charge in [0.15, 0.2) is 11.2 Å². The first kappa shape index (κ1) is 39.9. The average molecular weight is 702 g/mol. The number of anilines is 2. The highest BCUT2D eigenvalue weighted by Gasteiger charge is 2.21. The minimum absolute atomic E-state index is 0.00781. The lowest BCUT2D eigenvalue weighted by Crippen LogP contribution is -2.41. The van der Waals surface area contributed by atoms with E-state index in [9.17, 15) is 24.3 Å². The van der Waals surface area contributed by atoms with Crippen LogP contribution in [0.5, 0.6) is 0 Å². The number of ketones is 1. The number of carbonyl (C=O) groups excluding carboxylic acids is 2. The molecule has 3 rings (SSSR count). The molecule has 0 aliphatic heterocycles. The molecule has 1 amide bonds. The maximum atomic E-state index is 12.7. The van der Waals surface area contributed by atoms with Crippen LogP contribution in [0.25, 0.3) is 11.2 Å². The Hall–Kier alpha value is -4.55. The molecule has 0 aliphatic carbocycles. The summed E-state index contributed by atoms with van der Waals surface area (Å²) in [5, 5.41) is 15.2. The van der Waals surface area contributed by atoms with Crippen LogP contribution in [-0.2, 0) is 39.8 Å². The highest BCUT2D eigenvalue weighted by molar-refractivity contribution is 5.97. The van der Waals surface area contributed by atoms with Gasteiger partial charge in [0.05, 0.1) is 71.3 Å². The molecule has 0 unspecified atom stereocenters. The molecular formula is C33H47N7O10. The normalized spacial score (nSPS) is 11.8. The van der Waals surface area contributed by atoms with Gasteiger partial charge in [-0.05, 0) is 43.5 Å². The summed E-state index contributed by atoms with van der Waals surface area (Å²) >= 11 is 0. The van der Waals surface area contributed by atoms with Gasteiger partial charge in [0.25, 0.3) is 11.5 Å². The molecule has 0 saturated carbocycles. The number of nitrogen functional groups attached to an aromatic ring is 1. The number of nitrogens with zero attached hydrogens (tertiary/aromatic N) is 3. The second-order valence-electron chi connectivity index (χ2n) is 11.0. The number of nitrogens with one attached hydrogen (secondary N) is 3. The molecule has 17 heteroatoms. The zero-order valence-corrected chi connectivity index (χ0v) is 28.3. The van der Waals surface area contributed by atoms with Crippen molar-refractivity contribution in [2.45, 2.75) is 51.6 Å². The number of carboxylic acid groups (broad SMARTS) is 1. The van der Waals surface area contributed by atoms with Gasteiger partial charge in [-0.2, -0.15) is 4.98 Å². The zero-order chi connectivity index (χ0) is 36.0. The number of nitrogens with two attached hydrogens (primary N) is 1. The van der Waals surface area contributed by atoms with Gasteiger partial charge in [-0.1, -0.05) is 6.92 Å². The highest BCUT2D eigenvalue weighted by Crippen LogP contribution is 2.13. The number of fused-ring (bicyclic) bond motifs is 1. The van der Waals surface area contributed by atoms with E-state index in [2.05, 4.69) is 37.5 Å². The third-order valence-corrected chi connectivity index (χ3v) is 7.00. The summed E-state index contributed by atoms with van der Waals surface area (Å²) in [7, 11) is 0. The van der Waals surface area contributed by atoms with E-state index in [1.165, 1.54) is 18.3 Å². The second kappa shape index (κ2) is 23.0. The van der Waals surface area contributed by atoms with Crippen molar-refractivity contribution in [1.82, 2.24) is 25.3 Å². The molecule has 0 fully saturated rings. The summed E-state index contributed by atoms with van der Waals surface area (Å²) in [6, 6.07) is 5.14. The van der Waals surface area contributed by atoms with E-state index < -0.39 is 23.5 Å². The van der Waals surface area contributed by atoms with Crippen LogP contribution in [0.2, 0.25) is 0 Å². The fourth-order valence-corrected chi connectivity index (χ4v) is 4.41. The minimum atomic E-state index is -1.23. The number of aliphatic carboxylic acids is 1. The molecule has 1 atom stereocenters. The van der Waals surface area contributed by atoms with Gasteiger partial charge in [0.1, 0.15) is 11.8 Å². The maximum absolute atomic E-state index is 12.7. The molecule has 1 aromatic carbocycles. The Kier molecular flexibility index (Phi) is 18.3. The number of aromatic amines is 1. The summed E-state index contributed by atoms with van der Waals surface area (Å²) < 4.78 is 27.1. The number of amides is 1. The number of carbonyl (C=O) groups is 3. The summed E-state index contributed by atoms with van der Waals surface area (Å²) in [5.74, 6) is -1.97. The molecule has 6 N–H and O–H groups in total. The smallest absolute Gasteiger partial charge is 0.326 e. The third-order valence-electron chi connectivity index (χ3n) is 7.00. The molecule has 274 valence electrons. The average Bonchev–Trinajstić information content (AvgIpc) is 3.10. The van der Waals surface area contributed by atoms with Gasteiger partial charge in [0.2, 0.25) is 5.95 Å². The molecule has 2 aromatic heterocycles. The van der Waals surface area contributed by atoms with Crippen molar-refractivity contribution in [1.29, 1.82) is 0 Å². The van der Waals surface area contributed by atoms with Gasteiger partial charge in [-0.25, -0.2) is 14.8 Å². The first-order valence-electron chi connectivity index (χ1n) is 16.6. The van der Waals surface area contributed by atoms with Gasteiger partial charge >= 0.3 is 5.97 Å². The van der Waals surface area contributed by atoms with E-state index in [-0.39, 0.29) is 54.3 Å². The van der Waals surface area contributed by atoms with Crippen LogP contribution in [0.1, 0.15) is 55.1 Å². The van der Waals surface area contributed by atoms with Crippen LogP contribution in [-0.4, -0.2) is 115 Å². The number of benzene rings is 1. The molecule has 0 radical (unpaired) electrons. The van der Waals surface area contributed by atoms with E-state index in [1.54, 1.807) is 12.1 Å². The Balaban J connectivity index is 1.24. The van der Waals surface area contributed by atoms with Gasteiger partial charge in [0, 0.05) is 37.3 Å². The molecule has 0 saturated heterocycles. The Morgan fingerprint density at radius 2 is 1.46 bits per heavy atom. The van der Waals surface area contributed by atoms with Crippen LogP contribution in [0.15, 0.2) is 35.3 Å². The number of hydrogen-bond acceptors (Lipinski definition) is 14. The second-order valence-corrected chi connectivity index (χ2v) is 11.0. The predicted molar refractivity (Wildman–Crippen MR) is 183 cm³/mol. The number of ether oxygens (including phenoxy) is 5. The molecule has 50 heavy (non-hydrogen) atoms. The van der Waals surface area contributed by atoms with Gasteiger partial charge in [-0.15, -0.1) is 0 Å². The van der Waals surface area contributed by atoms with Crippen molar-refractivity contribution >= 4 is 40.5 Å². The van der Waals surface area contributed by atoms with Crippen LogP contribution in [0, 0.1) is 0 Å². The van der Waals surface area contributed by atoms with E-state index >= 15 is 0 Å². The number of hydrogen-bond donors (Lipinski definition) is 5. The Labute approximate surface area is 289 Å².